The molecular weight excluding hydrogens is 240 g/mol. The van der Waals surface area contributed by atoms with Crippen LogP contribution < -0.4 is 4.90 Å². The number of hydrogen-bond acceptors (Lipinski definition) is 4. The number of aromatic nitrogens is 3. The lowest BCUT2D eigenvalue weighted by Crippen LogP contribution is -2.24. The van der Waals surface area contributed by atoms with Crippen molar-refractivity contribution in [2.24, 2.45) is 0 Å². The monoisotopic (exact) mass is 250 g/mol. The van der Waals surface area contributed by atoms with Gasteiger partial charge in [0.2, 0.25) is 0 Å². The molecule has 6 nitrogen and oxygen atoms in total. The number of nitrogens with zero attached hydrogens (tertiary/aromatic N) is 4. The van der Waals surface area contributed by atoms with E-state index in [0.717, 1.165) is 4.90 Å². The molecule has 7 heteroatoms. The van der Waals surface area contributed by atoms with Gasteiger partial charge in [0.15, 0.2) is 0 Å². The molecule has 0 saturated carbocycles. The summed E-state index contributed by atoms with van der Waals surface area (Å²) < 4.78 is 1.56. The fraction of sp³-hybridized carbons (Fsp3) is 0.100. The molecule has 0 unspecified atom stereocenters. The van der Waals surface area contributed by atoms with Gasteiger partial charge >= 0.3 is 6.09 Å². The molecule has 17 heavy (non-hydrogen) atoms. The van der Waals surface area contributed by atoms with E-state index in [0.29, 0.717) is 5.69 Å². The SMILES string of the molecule is CN(C(=O)O)c1ccccc1Sn1ccnn1. The molecule has 0 radical (unpaired) electrons. The van der Waals surface area contributed by atoms with E-state index in [-0.39, 0.29) is 0 Å². The molecule has 0 bridgehead atoms. The van der Waals surface area contributed by atoms with Gasteiger partial charge in [-0.05, 0) is 12.1 Å². The van der Waals surface area contributed by atoms with Crippen molar-refractivity contribution in [3.63, 3.8) is 0 Å². The molecule has 1 heterocycles. The van der Waals surface area contributed by atoms with Crippen molar-refractivity contribution in [2.75, 3.05) is 11.9 Å². The number of carbonyl (C=O) groups is 1. The summed E-state index contributed by atoms with van der Waals surface area (Å²) in [7, 11) is 1.50. The van der Waals surface area contributed by atoms with Crippen LogP contribution >= 0.6 is 11.9 Å². The van der Waals surface area contributed by atoms with Gasteiger partial charge in [-0.25, -0.2) is 4.79 Å². The highest BCUT2D eigenvalue weighted by molar-refractivity contribution is 7.97. The molecule has 0 fully saturated rings. The largest absolute Gasteiger partial charge is 0.465 e. The van der Waals surface area contributed by atoms with Crippen molar-refractivity contribution < 1.29 is 9.90 Å². The van der Waals surface area contributed by atoms with Crippen molar-refractivity contribution in [1.29, 1.82) is 0 Å². The van der Waals surface area contributed by atoms with Crippen LogP contribution in [0.15, 0.2) is 41.6 Å². The van der Waals surface area contributed by atoms with Gasteiger partial charge in [-0.1, -0.05) is 17.3 Å². The quantitative estimate of drug-likeness (QED) is 0.901. The maximum Gasteiger partial charge on any atom is 0.411 e. The molecule has 1 aromatic heterocycles. The van der Waals surface area contributed by atoms with Gasteiger partial charge in [-0.15, -0.1) is 5.10 Å². The number of para-hydroxylation sites is 1. The first-order valence-corrected chi connectivity index (χ1v) is 5.56. The van der Waals surface area contributed by atoms with Gasteiger partial charge in [0.05, 0.1) is 23.0 Å². The smallest absolute Gasteiger partial charge is 0.411 e. The van der Waals surface area contributed by atoms with Crippen LogP contribution in [0.5, 0.6) is 0 Å². The van der Waals surface area contributed by atoms with E-state index >= 15 is 0 Å². The van der Waals surface area contributed by atoms with Crippen LogP contribution in [-0.2, 0) is 0 Å². The predicted molar refractivity (Wildman–Crippen MR) is 64.1 cm³/mol. The Morgan fingerprint density at radius 3 is 2.88 bits per heavy atom. The van der Waals surface area contributed by atoms with Crippen LogP contribution in [0, 0.1) is 0 Å². The third kappa shape index (κ3) is 2.56. The minimum Gasteiger partial charge on any atom is -0.465 e. The first-order valence-electron chi connectivity index (χ1n) is 4.79. The lowest BCUT2D eigenvalue weighted by atomic mass is 10.3. The van der Waals surface area contributed by atoms with E-state index in [9.17, 15) is 4.79 Å². The standard InChI is InChI=1S/C10H10N4O2S/c1-13(10(15)16)8-4-2-3-5-9(8)17-14-7-6-11-12-14/h2-7H,1H3,(H,15,16). The number of carboxylic acid groups (broad SMARTS) is 1. The molecule has 0 atom stereocenters. The first kappa shape index (κ1) is 11.5. The number of rotatable bonds is 3. The molecule has 0 aliphatic carbocycles. The van der Waals surface area contributed by atoms with Crippen molar-refractivity contribution in [3.05, 3.63) is 36.7 Å². The second kappa shape index (κ2) is 4.88. The molecule has 2 rings (SSSR count). The Morgan fingerprint density at radius 2 is 2.24 bits per heavy atom. The average Bonchev–Trinajstić information content (AvgIpc) is 2.81. The Morgan fingerprint density at radius 1 is 1.47 bits per heavy atom. The maximum atomic E-state index is 10.9. The van der Waals surface area contributed by atoms with E-state index in [4.69, 9.17) is 5.11 Å². The van der Waals surface area contributed by atoms with Gasteiger partial charge in [0.25, 0.3) is 0 Å². The summed E-state index contributed by atoms with van der Waals surface area (Å²) in [4.78, 5) is 12.9. The highest BCUT2D eigenvalue weighted by atomic mass is 32.2. The van der Waals surface area contributed by atoms with E-state index < -0.39 is 6.09 Å². The van der Waals surface area contributed by atoms with Crippen LogP contribution in [-0.4, -0.2) is 32.6 Å². The van der Waals surface area contributed by atoms with Gasteiger partial charge in [0, 0.05) is 19.0 Å². The van der Waals surface area contributed by atoms with Crippen LogP contribution in [0.4, 0.5) is 10.5 Å². The molecule has 1 amide bonds. The zero-order valence-electron chi connectivity index (χ0n) is 9.02. The lowest BCUT2D eigenvalue weighted by molar-refractivity contribution is 0.203. The Bertz CT molecular complexity index is 515. The van der Waals surface area contributed by atoms with Gasteiger partial charge in [-0.2, -0.15) is 4.09 Å². The molecule has 0 saturated heterocycles. The molecule has 0 aliphatic rings. The Hall–Kier alpha value is -2.02. The van der Waals surface area contributed by atoms with Crippen molar-refractivity contribution in [1.82, 2.24) is 14.4 Å². The van der Waals surface area contributed by atoms with E-state index in [1.165, 1.54) is 23.9 Å². The Balaban J connectivity index is 2.30. The lowest BCUT2D eigenvalue weighted by Gasteiger charge is -2.16. The topological polar surface area (TPSA) is 71.2 Å². The first-order chi connectivity index (χ1) is 8.18. The summed E-state index contributed by atoms with van der Waals surface area (Å²) in [5.41, 5.74) is 0.612. The number of benzene rings is 1. The second-order valence-electron chi connectivity index (χ2n) is 3.21. The van der Waals surface area contributed by atoms with Crippen LogP contribution in [0.3, 0.4) is 0 Å². The number of amides is 1. The molecule has 88 valence electrons. The predicted octanol–water partition coefficient (Wildman–Crippen LogP) is 1.95. The maximum absolute atomic E-state index is 10.9. The van der Waals surface area contributed by atoms with Gasteiger partial charge in [0.1, 0.15) is 0 Å². The minimum absolute atomic E-state index is 0.612. The van der Waals surface area contributed by atoms with E-state index in [2.05, 4.69) is 10.3 Å². The Kier molecular flexibility index (Phi) is 3.29. The van der Waals surface area contributed by atoms with E-state index in [1.807, 2.05) is 12.1 Å². The van der Waals surface area contributed by atoms with Crippen LogP contribution in [0.2, 0.25) is 0 Å². The van der Waals surface area contributed by atoms with Crippen LogP contribution in [0.1, 0.15) is 0 Å². The molecule has 0 spiro atoms. The molecule has 1 aromatic carbocycles. The minimum atomic E-state index is -1.00. The van der Waals surface area contributed by atoms with Crippen molar-refractivity contribution >= 4 is 23.7 Å². The summed E-state index contributed by atoms with van der Waals surface area (Å²) >= 11 is 1.30. The molecule has 2 aromatic rings. The molecule has 0 aliphatic heterocycles. The normalized spacial score (nSPS) is 10.2. The summed E-state index contributed by atoms with van der Waals surface area (Å²) in [6, 6.07) is 7.22. The summed E-state index contributed by atoms with van der Waals surface area (Å²) in [6.07, 6.45) is 2.26. The van der Waals surface area contributed by atoms with Crippen LogP contribution in [0.25, 0.3) is 0 Å². The number of anilines is 1. The third-order valence-corrected chi connectivity index (χ3v) is 3.03. The fourth-order valence-electron chi connectivity index (χ4n) is 1.26. The third-order valence-electron chi connectivity index (χ3n) is 2.11. The highest BCUT2D eigenvalue weighted by Crippen LogP contribution is 2.29. The fourth-order valence-corrected chi connectivity index (χ4v) is 2.09. The summed E-state index contributed by atoms with van der Waals surface area (Å²) in [6.45, 7) is 0. The average molecular weight is 250 g/mol. The van der Waals surface area contributed by atoms with E-state index in [1.54, 1.807) is 28.6 Å². The van der Waals surface area contributed by atoms with Crippen molar-refractivity contribution in [2.45, 2.75) is 4.90 Å². The Labute approximate surface area is 102 Å². The highest BCUT2D eigenvalue weighted by Gasteiger charge is 2.13. The zero-order valence-corrected chi connectivity index (χ0v) is 9.83. The second-order valence-corrected chi connectivity index (χ2v) is 4.20. The number of hydrogen-bond donors (Lipinski definition) is 1. The van der Waals surface area contributed by atoms with Gasteiger partial charge < -0.3 is 5.11 Å². The summed E-state index contributed by atoms with van der Waals surface area (Å²) in [5.74, 6) is 0. The van der Waals surface area contributed by atoms with Crippen molar-refractivity contribution in [3.8, 4) is 0 Å². The summed E-state index contributed by atoms with van der Waals surface area (Å²) in [5, 5.41) is 16.5. The molecule has 1 N–H and O–H groups in total. The van der Waals surface area contributed by atoms with Gasteiger partial charge in [-0.3, -0.25) is 4.90 Å². The zero-order chi connectivity index (χ0) is 12.3. The molecular formula is C10H10N4O2S.